The Labute approximate surface area is 301 Å². The van der Waals surface area contributed by atoms with Gasteiger partial charge in [0.25, 0.3) is 11.8 Å². The molecule has 0 aromatic heterocycles. The second kappa shape index (κ2) is 17.4. The molecule has 0 atom stereocenters. The van der Waals surface area contributed by atoms with Gasteiger partial charge in [-0.25, -0.2) is 4.79 Å². The van der Waals surface area contributed by atoms with Crippen LogP contribution in [-0.2, 0) is 17.8 Å². The van der Waals surface area contributed by atoms with Crippen molar-refractivity contribution in [3.63, 3.8) is 0 Å². The minimum Gasteiger partial charge on any atom is -0.444 e. The van der Waals surface area contributed by atoms with E-state index in [0.717, 1.165) is 109 Å². The van der Waals surface area contributed by atoms with Gasteiger partial charge in [-0.15, -0.1) is 0 Å². The average molecular weight is 716 g/mol. The molecular weight excluding hydrogens is 663 g/mol. The van der Waals surface area contributed by atoms with Crippen molar-refractivity contribution in [2.24, 2.45) is 0 Å². The number of hydrogen-bond donors (Lipinski definition) is 1. The van der Waals surface area contributed by atoms with Crippen molar-refractivity contribution < 1.29 is 19.1 Å². The first kappa shape index (κ1) is 37.4. The Morgan fingerprint density at radius 1 is 0.633 bits per heavy atom. The summed E-state index contributed by atoms with van der Waals surface area (Å²) in [6.45, 7) is 17.6. The fourth-order valence-corrected chi connectivity index (χ4v) is 7.07. The molecule has 6 rings (SSSR count). The summed E-state index contributed by atoms with van der Waals surface area (Å²) in [6.07, 6.45) is 4.12. The van der Waals surface area contributed by atoms with E-state index in [4.69, 9.17) is 27.9 Å². The molecule has 1 N–H and O–H groups in total. The predicted molar refractivity (Wildman–Crippen MR) is 194 cm³/mol. The number of rotatable bonds is 6. The lowest BCUT2D eigenvalue weighted by Gasteiger charge is -2.35. The summed E-state index contributed by atoms with van der Waals surface area (Å²) in [5.74, 6) is 0.181. The lowest BCUT2D eigenvalue weighted by molar-refractivity contribution is 0.0139. The molecule has 4 aliphatic rings. The number of piperazine rings is 2. The molecule has 10 nitrogen and oxygen atoms in total. The highest BCUT2D eigenvalue weighted by molar-refractivity contribution is 6.32. The van der Waals surface area contributed by atoms with Gasteiger partial charge in [-0.3, -0.25) is 19.4 Å². The molecule has 0 saturated carbocycles. The first-order valence-electron chi connectivity index (χ1n) is 17.8. The molecule has 0 bridgehead atoms. The average Bonchev–Trinajstić information content (AvgIpc) is 3.82. The van der Waals surface area contributed by atoms with Crippen LogP contribution in [-0.4, -0.2) is 127 Å². The Hall–Kier alpha value is -2.89. The van der Waals surface area contributed by atoms with E-state index in [0.29, 0.717) is 40.8 Å². The van der Waals surface area contributed by atoms with Gasteiger partial charge in [-0.1, -0.05) is 35.3 Å². The van der Waals surface area contributed by atoms with Gasteiger partial charge in [-0.2, -0.15) is 0 Å². The Morgan fingerprint density at radius 3 is 1.47 bits per heavy atom. The van der Waals surface area contributed by atoms with Gasteiger partial charge < -0.3 is 24.8 Å². The van der Waals surface area contributed by atoms with Crippen molar-refractivity contribution in [2.75, 3.05) is 78.5 Å². The largest absolute Gasteiger partial charge is 0.444 e. The number of carbonyl (C=O) groups is 3. The normalized spacial score (nSPS) is 19.1. The predicted octanol–water partition coefficient (Wildman–Crippen LogP) is 5.61. The maximum absolute atomic E-state index is 12.5. The van der Waals surface area contributed by atoms with Crippen LogP contribution in [0.3, 0.4) is 0 Å². The second-order valence-electron chi connectivity index (χ2n) is 14.4. The minimum absolute atomic E-state index is 0.0666. The number of nitrogens with one attached hydrogen (secondary N) is 1. The highest BCUT2D eigenvalue weighted by Crippen LogP contribution is 2.24. The molecule has 268 valence electrons. The van der Waals surface area contributed by atoms with Crippen LogP contribution in [0, 0.1) is 0 Å². The first-order valence-corrected chi connectivity index (χ1v) is 18.5. The van der Waals surface area contributed by atoms with Crippen molar-refractivity contribution in [3.05, 3.63) is 68.7 Å². The fraction of sp³-hybridized carbons (Fsp3) is 0.595. The van der Waals surface area contributed by atoms with Crippen LogP contribution in [0.15, 0.2) is 36.4 Å². The third-order valence-electron chi connectivity index (χ3n) is 9.41. The van der Waals surface area contributed by atoms with Gasteiger partial charge in [-0.05, 0) is 81.8 Å². The van der Waals surface area contributed by atoms with Crippen LogP contribution in [0.2, 0.25) is 10.0 Å². The van der Waals surface area contributed by atoms with Gasteiger partial charge in [0.05, 0.1) is 0 Å². The summed E-state index contributed by atoms with van der Waals surface area (Å²) in [4.78, 5) is 47.2. The van der Waals surface area contributed by atoms with Crippen molar-refractivity contribution in [2.45, 2.75) is 65.1 Å². The standard InChI is InChI=1S/C21H30ClN3O3.C16H22ClN3O/c1-21(2,3)28-20(27)25-12-10-23(11-13-25)15-17-7-6-16(14-18(17)22)19(26)24-8-4-5-9-24;17-15-11-13(16(21)20-7-1-2-8-20)3-4-14(15)12-19-9-5-18-6-10-19/h6-7,14H,4-5,8-13,15H2,1-3H3;3-4,11,18H,1-2,5-10,12H2. The van der Waals surface area contributed by atoms with Crippen LogP contribution in [0.1, 0.15) is 78.3 Å². The SMILES string of the molecule is CC(C)(C)OC(=O)N1CCN(Cc2ccc(C(=O)N3CCCC3)cc2Cl)CC1.O=C(c1ccc(CN2CCNCC2)c(Cl)c1)N1CCCC1. The third kappa shape index (κ3) is 10.8. The highest BCUT2D eigenvalue weighted by atomic mass is 35.5. The number of benzene rings is 2. The maximum Gasteiger partial charge on any atom is 0.410 e. The smallest absolute Gasteiger partial charge is 0.410 e. The van der Waals surface area contributed by atoms with Crippen molar-refractivity contribution in [1.29, 1.82) is 0 Å². The molecule has 2 aromatic rings. The minimum atomic E-state index is -0.476. The number of likely N-dealkylation sites (tertiary alicyclic amines) is 2. The first-order chi connectivity index (χ1) is 23.5. The quantitative estimate of drug-likeness (QED) is 0.416. The van der Waals surface area contributed by atoms with Crippen molar-refractivity contribution in [1.82, 2.24) is 29.8 Å². The summed E-state index contributed by atoms with van der Waals surface area (Å²) < 4.78 is 5.44. The summed E-state index contributed by atoms with van der Waals surface area (Å²) in [5.41, 5.74) is 3.01. The van der Waals surface area contributed by atoms with Crippen molar-refractivity contribution >= 4 is 41.1 Å². The van der Waals surface area contributed by atoms with E-state index < -0.39 is 5.60 Å². The molecule has 3 amide bonds. The summed E-state index contributed by atoms with van der Waals surface area (Å²) in [6, 6.07) is 11.4. The molecule has 0 unspecified atom stereocenters. The molecule has 0 spiro atoms. The zero-order chi connectivity index (χ0) is 35.0. The van der Waals surface area contributed by atoms with Crippen LogP contribution in [0.5, 0.6) is 0 Å². The summed E-state index contributed by atoms with van der Waals surface area (Å²) in [7, 11) is 0. The van der Waals surface area contributed by atoms with E-state index in [1.54, 1.807) is 11.0 Å². The molecule has 2 aromatic carbocycles. The zero-order valence-electron chi connectivity index (χ0n) is 29.3. The van der Waals surface area contributed by atoms with Gasteiger partial charge >= 0.3 is 6.09 Å². The van der Waals surface area contributed by atoms with E-state index in [1.807, 2.05) is 60.9 Å². The molecule has 12 heteroatoms. The van der Waals surface area contributed by atoms with Gasteiger partial charge in [0.15, 0.2) is 0 Å². The van der Waals surface area contributed by atoms with Crippen LogP contribution < -0.4 is 5.32 Å². The number of carbonyl (C=O) groups excluding carboxylic acids is 3. The molecule has 4 heterocycles. The molecule has 4 saturated heterocycles. The molecule has 4 fully saturated rings. The number of ether oxygens (including phenoxy) is 1. The van der Waals surface area contributed by atoms with Crippen LogP contribution in [0.25, 0.3) is 0 Å². The lowest BCUT2D eigenvalue weighted by atomic mass is 10.1. The molecule has 0 radical (unpaired) electrons. The molecular formula is C37H52Cl2N6O4. The van der Waals surface area contributed by atoms with E-state index in [1.165, 1.54) is 0 Å². The van der Waals surface area contributed by atoms with Crippen molar-refractivity contribution in [3.8, 4) is 0 Å². The fourth-order valence-electron chi connectivity index (χ4n) is 6.59. The lowest BCUT2D eigenvalue weighted by Crippen LogP contribution is -2.49. The Bertz CT molecular complexity index is 1440. The third-order valence-corrected chi connectivity index (χ3v) is 10.1. The molecule has 4 aliphatic heterocycles. The number of amides is 3. The monoisotopic (exact) mass is 714 g/mol. The Kier molecular flexibility index (Phi) is 13.2. The van der Waals surface area contributed by atoms with E-state index in [2.05, 4.69) is 15.1 Å². The van der Waals surface area contributed by atoms with Crippen LogP contribution in [0.4, 0.5) is 4.79 Å². The number of nitrogens with zero attached hydrogens (tertiary/aromatic N) is 5. The van der Waals surface area contributed by atoms with Gasteiger partial charge in [0.2, 0.25) is 0 Å². The zero-order valence-corrected chi connectivity index (χ0v) is 30.8. The summed E-state index contributed by atoms with van der Waals surface area (Å²) in [5, 5.41) is 4.68. The number of hydrogen-bond acceptors (Lipinski definition) is 7. The maximum atomic E-state index is 12.5. The highest BCUT2D eigenvalue weighted by Gasteiger charge is 2.27. The van der Waals surface area contributed by atoms with E-state index >= 15 is 0 Å². The summed E-state index contributed by atoms with van der Waals surface area (Å²) >= 11 is 12.9. The van der Waals surface area contributed by atoms with E-state index in [9.17, 15) is 14.4 Å². The van der Waals surface area contributed by atoms with Crippen LogP contribution >= 0.6 is 23.2 Å². The second-order valence-corrected chi connectivity index (χ2v) is 15.2. The molecule has 0 aliphatic carbocycles. The topological polar surface area (TPSA) is 88.7 Å². The van der Waals surface area contributed by atoms with E-state index in [-0.39, 0.29) is 17.9 Å². The van der Waals surface area contributed by atoms with Gasteiger partial charge in [0, 0.05) is 113 Å². The number of halogens is 2. The Balaban J connectivity index is 0.000000199. The van der Waals surface area contributed by atoms with Gasteiger partial charge in [0.1, 0.15) is 5.60 Å². The Morgan fingerprint density at radius 2 is 1.06 bits per heavy atom. The molecule has 49 heavy (non-hydrogen) atoms.